The van der Waals surface area contributed by atoms with Gasteiger partial charge in [-0.3, -0.25) is 0 Å². The summed E-state index contributed by atoms with van der Waals surface area (Å²) in [6, 6.07) is 8.53. The smallest absolute Gasteiger partial charge is 0.339 e. The van der Waals surface area contributed by atoms with E-state index in [2.05, 4.69) is 5.32 Å². The van der Waals surface area contributed by atoms with E-state index in [9.17, 15) is 9.18 Å². The molecule has 1 aliphatic heterocycles. The number of halogens is 1. The largest absolute Gasteiger partial charge is 0.478 e. The van der Waals surface area contributed by atoms with Gasteiger partial charge in [0.2, 0.25) is 0 Å². The average Bonchev–Trinajstić information content (AvgIpc) is 3.12. The molecule has 2 N–H and O–H groups in total. The van der Waals surface area contributed by atoms with Crippen molar-refractivity contribution in [2.75, 3.05) is 18.0 Å². The normalized spacial score (nSPS) is 17.7. The molecule has 1 fully saturated rings. The van der Waals surface area contributed by atoms with Crippen molar-refractivity contribution in [3.63, 3.8) is 0 Å². The third-order valence-corrected chi connectivity index (χ3v) is 4.15. The zero-order valence-electron chi connectivity index (χ0n) is 12.9. The fraction of sp³-hybridized carbons (Fsp3) is 0.353. The Labute approximate surface area is 133 Å². The topological polar surface area (TPSA) is 65.7 Å². The lowest BCUT2D eigenvalue weighted by Crippen LogP contribution is -2.32. The monoisotopic (exact) mass is 318 g/mol. The molecule has 1 aromatic heterocycles. The van der Waals surface area contributed by atoms with Crippen LogP contribution in [-0.2, 0) is 6.54 Å². The number of rotatable bonds is 5. The van der Waals surface area contributed by atoms with Crippen molar-refractivity contribution in [1.29, 1.82) is 0 Å². The number of hydrogen-bond acceptors (Lipinski definition) is 4. The summed E-state index contributed by atoms with van der Waals surface area (Å²) in [6.45, 7) is 3.61. The Balaban J connectivity index is 1.57. The van der Waals surface area contributed by atoms with Crippen LogP contribution in [0.2, 0.25) is 0 Å². The highest BCUT2D eigenvalue weighted by Gasteiger charge is 2.24. The van der Waals surface area contributed by atoms with Gasteiger partial charge in [-0.15, -0.1) is 0 Å². The van der Waals surface area contributed by atoms with Gasteiger partial charge in [0.15, 0.2) is 0 Å². The van der Waals surface area contributed by atoms with Gasteiger partial charge in [0.25, 0.3) is 0 Å². The van der Waals surface area contributed by atoms with Gasteiger partial charge >= 0.3 is 5.97 Å². The number of anilines is 1. The van der Waals surface area contributed by atoms with Crippen LogP contribution in [0.15, 0.2) is 34.7 Å². The van der Waals surface area contributed by atoms with Gasteiger partial charge in [-0.25, -0.2) is 9.18 Å². The van der Waals surface area contributed by atoms with Crippen molar-refractivity contribution in [1.82, 2.24) is 5.32 Å². The van der Waals surface area contributed by atoms with E-state index in [1.54, 1.807) is 25.1 Å². The van der Waals surface area contributed by atoms with Crippen LogP contribution >= 0.6 is 0 Å². The predicted octanol–water partition coefficient (Wildman–Crippen LogP) is 2.79. The van der Waals surface area contributed by atoms with Crippen LogP contribution in [0.1, 0.15) is 28.3 Å². The SMILES string of the molecule is Cc1oc(CNC2CCN(c3ccccc3F)C2)cc1C(=O)O. The average molecular weight is 318 g/mol. The van der Waals surface area contributed by atoms with Crippen molar-refractivity contribution in [3.8, 4) is 0 Å². The number of furan rings is 1. The van der Waals surface area contributed by atoms with Gasteiger partial charge in [0.1, 0.15) is 22.9 Å². The zero-order valence-corrected chi connectivity index (χ0v) is 12.9. The maximum atomic E-state index is 13.8. The molecule has 23 heavy (non-hydrogen) atoms. The molecule has 1 aliphatic rings. The number of carboxylic acid groups (broad SMARTS) is 1. The summed E-state index contributed by atoms with van der Waals surface area (Å²) in [5, 5.41) is 12.4. The summed E-state index contributed by atoms with van der Waals surface area (Å²) in [5.41, 5.74) is 0.819. The quantitative estimate of drug-likeness (QED) is 0.887. The van der Waals surface area contributed by atoms with Crippen LogP contribution in [0.3, 0.4) is 0 Å². The minimum atomic E-state index is -0.982. The summed E-state index contributed by atoms with van der Waals surface area (Å²) >= 11 is 0. The summed E-state index contributed by atoms with van der Waals surface area (Å²) in [4.78, 5) is 13.0. The first-order valence-corrected chi connectivity index (χ1v) is 7.60. The molecular weight excluding hydrogens is 299 g/mol. The van der Waals surface area contributed by atoms with E-state index in [1.165, 1.54) is 6.07 Å². The van der Waals surface area contributed by atoms with Gasteiger partial charge in [-0.1, -0.05) is 12.1 Å². The molecule has 0 bridgehead atoms. The first-order chi connectivity index (χ1) is 11.0. The lowest BCUT2D eigenvalue weighted by Gasteiger charge is -2.19. The van der Waals surface area contributed by atoms with E-state index in [1.807, 2.05) is 11.0 Å². The number of aromatic carboxylic acids is 1. The molecule has 0 aliphatic carbocycles. The van der Waals surface area contributed by atoms with Gasteiger partial charge in [-0.2, -0.15) is 0 Å². The van der Waals surface area contributed by atoms with Crippen molar-refractivity contribution in [2.45, 2.75) is 25.9 Å². The lowest BCUT2D eigenvalue weighted by atomic mass is 10.2. The Hall–Kier alpha value is -2.34. The summed E-state index contributed by atoms with van der Waals surface area (Å²) in [6.07, 6.45) is 0.903. The Bertz CT molecular complexity index is 714. The number of nitrogens with zero attached hydrogens (tertiary/aromatic N) is 1. The maximum Gasteiger partial charge on any atom is 0.339 e. The Morgan fingerprint density at radius 1 is 1.48 bits per heavy atom. The molecule has 2 heterocycles. The molecular formula is C17H19FN2O3. The van der Waals surface area contributed by atoms with Gasteiger partial charge in [0.05, 0.1) is 12.2 Å². The van der Waals surface area contributed by atoms with Crippen molar-refractivity contribution >= 4 is 11.7 Å². The van der Waals surface area contributed by atoms with E-state index in [-0.39, 0.29) is 17.4 Å². The minimum Gasteiger partial charge on any atom is -0.478 e. The van der Waals surface area contributed by atoms with Crippen LogP contribution < -0.4 is 10.2 Å². The van der Waals surface area contributed by atoms with Gasteiger partial charge in [0, 0.05) is 19.1 Å². The second-order valence-corrected chi connectivity index (χ2v) is 5.75. The van der Waals surface area contributed by atoms with Crippen LogP contribution in [-0.4, -0.2) is 30.2 Å². The van der Waals surface area contributed by atoms with E-state index < -0.39 is 5.97 Å². The molecule has 0 spiro atoms. The molecule has 5 nitrogen and oxygen atoms in total. The molecule has 6 heteroatoms. The van der Waals surface area contributed by atoms with E-state index >= 15 is 0 Å². The highest BCUT2D eigenvalue weighted by atomic mass is 19.1. The molecule has 0 saturated carbocycles. The number of hydrogen-bond donors (Lipinski definition) is 2. The standard InChI is InChI=1S/C17H19FN2O3/c1-11-14(17(21)22)8-13(23-11)9-19-12-6-7-20(10-12)16-5-3-2-4-15(16)18/h2-5,8,12,19H,6-7,9-10H2,1H3,(H,21,22). The second-order valence-electron chi connectivity index (χ2n) is 5.75. The van der Waals surface area contributed by atoms with Crippen LogP contribution in [0.25, 0.3) is 0 Å². The van der Waals surface area contributed by atoms with Crippen LogP contribution in [0.5, 0.6) is 0 Å². The summed E-state index contributed by atoms with van der Waals surface area (Å²) in [5.74, 6) is -0.178. The lowest BCUT2D eigenvalue weighted by molar-refractivity contribution is 0.0695. The molecule has 0 amide bonds. The molecule has 3 rings (SSSR count). The van der Waals surface area contributed by atoms with E-state index in [0.29, 0.717) is 30.3 Å². The summed E-state index contributed by atoms with van der Waals surface area (Å²) < 4.78 is 19.3. The maximum absolute atomic E-state index is 13.8. The fourth-order valence-electron chi connectivity index (χ4n) is 2.94. The first kappa shape index (κ1) is 15.6. The Morgan fingerprint density at radius 2 is 2.26 bits per heavy atom. The fourth-order valence-corrected chi connectivity index (χ4v) is 2.94. The molecule has 1 atom stereocenters. The van der Waals surface area contributed by atoms with Crippen LogP contribution in [0, 0.1) is 12.7 Å². The molecule has 1 aromatic carbocycles. The highest BCUT2D eigenvalue weighted by molar-refractivity contribution is 5.88. The van der Waals surface area contributed by atoms with Crippen LogP contribution in [0.4, 0.5) is 10.1 Å². The number of carbonyl (C=O) groups is 1. The van der Waals surface area contributed by atoms with Gasteiger partial charge < -0.3 is 19.7 Å². The van der Waals surface area contributed by atoms with Crippen molar-refractivity contribution in [2.24, 2.45) is 0 Å². The predicted molar refractivity (Wildman–Crippen MR) is 84.3 cm³/mol. The third kappa shape index (κ3) is 3.37. The Kier molecular flexibility index (Phi) is 4.34. The third-order valence-electron chi connectivity index (χ3n) is 4.15. The number of nitrogens with one attached hydrogen (secondary N) is 1. The van der Waals surface area contributed by atoms with Crippen molar-refractivity contribution < 1.29 is 18.7 Å². The number of para-hydroxylation sites is 1. The molecule has 2 aromatic rings. The van der Waals surface area contributed by atoms with E-state index in [4.69, 9.17) is 9.52 Å². The second kappa shape index (κ2) is 6.42. The molecule has 1 unspecified atom stereocenters. The first-order valence-electron chi connectivity index (χ1n) is 7.60. The highest BCUT2D eigenvalue weighted by Crippen LogP contribution is 2.23. The summed E-state index contributed by atoms with van der Waals surface area (Å²) in [7, 11) is 0. The molecule has 122 valence electrons. The van der Waals surface area contributed by atoms with Gasteiger partial charge in [-0.05, 0) is 31.5 Å². The number of aryl methyl sites for hydroxylation is 1. The number of carboxylic acids is 1. The number of benzene rings is 1. The van der Waals surface area contributed by atoms with Crippen molar-refractivity contribution in [3.05, 3.63) is 53.2 Å². The van der Waals surface area contributed by atoms with E-state index in [0.717, 1.165) is 13.0 Å². The minimum absolute atomic E-state index is 0.196. The zero-order chi connectivity index (χ0) is 16.4. The molecule has 1 saturated heterocycles. The Morgan fingerprint density at radius 3 is 2.96 bits per heavy atom. The molecule has 0 radical (unpaired) electrons.